The van der Waals surface area contributed by atoms with E-state index in [1.807, 2.05) is 12.1 Å². The summed E-state index contributed by atoms with van der Waals surface area (Å²) in [6.07, 6.45) is 6.47. The summed E-state index contributed by atoms with van der Waals surface area (Å²) in [4.78, 5) is 29.6. The van der Waals surface area contributed by atoms with Gasteiger partial charge in [0.2, 0.25) is 5.75 Å². The van der Waals surface area contributed by atoms with E-state index in [1.54, 1.807) is 18.2 Å². The maximum Gasteiger partial charge on any atom is 0.315 e. The third-order valence-electron chi connectivity index (χ3n) is 6.82. The smallest absolute Gasteiger partial charge is 0.315 e. The number of methoxy groups -OCH3 is 1. The Hall–Kier alpha value is -4.60. The summed E-state index contributed by atoms with van der Waals surface area (Å²) in [5.74, 6) is 0.270. The summed E-state index contributed by atoms with van der Waals surface area (Å²) >= 11 is 0. The van der Waals surface area contributed by atoms with E-state index in [0.717, 1.165) is 32.1 Å². The van der Waals surface area contributed by atoms with Crippen molar-refractivity contribution in [3.8, 4) is 11.5 Å². The number of nitro groups is 1. The van der Waals surface area contributed by atoms with Crippen molar-refractivity contribution < 1.29 is 18.8 Å². The minimum Gasteiger partial charge on any atom is -0.493 e. The number of rotatable bonds is 8. The Bertz CT molecular complexity index is 1610. The second-order valence-electron chi connectivity index (χ2n) is 9.43. The highest BCUT2D eigenvalue weighted by atomic mass is 19.1. The first kappa shape index (κ1) is 26.0. The summed E-state index contributed by atoms with van der Waals surface area (Å²) in [7, 11) is 1.37. The molecule has 0 N–H and O–H groups in total. The van der Waals surface area contributed by atoms with Gasteiger partial charge in [0.05, 0.1) is 29.2 Å². The van der Waals surface area contributed by atoms with Gasteiger partial charge in [0.1, 0.15) is 18.2 Å². The largest absolute Gasteiger partial charge is 0.493 e. The molecule has 0 spiro atoms. The Balaban J connectivity index is 1.53. The molecule has 200 valence electrons. The zero-order valence-corrected chi connectivity index (χ0v) is 21.4. The highest BCUT2D eigenvalue weighted by Gasteiger charge is 2.24. The molecule has 0 bridgehead atoms. The molecule has 0 amide bonds. The van der Waals surface area contributed by atoms with Gasteiger partial charge in [0.25, 0.3) is 5.56 Å². The third-order valence-corrected chi connectivity index (χ3v) is 6.82. The van der Waals surface area contributed by atoms with Crippen LogP contribution in [0.15, 0.2) is 70.6 Å². The Kier molecular flexibility index (Phi) is 7.62. The van der Waals surface area contributed by atoms with Gasteiger partial charge in [-0.25, -0.2) is 9.37 Å². The molecule has 1 aromatic heterocycles. The number of nitrogens with zero attached hydrogens (tertiary/aromatic N) is 4. The van der Waals surface area contributed by atoms with Crippen molar-refractivity contribution in [3.05, 3.63) is 104 Å². The van der Waals surface area contributed by atoms with Crippen LogP contribution >= 0.6 is 0 Å². The summed E-state index contributed by atoms with van der Waals surface area (Å²) in [6, 6.07) is 15.8. The van der Waals surface area contributed by atoms with Crippen molar-refractivity contribution in [1.82, 2.24) is 9.66 Å². The van der Waals surface area contributed by atoms with Crippen LogP contribution in [-0.2, 0) is 6.61 Å². The van der Waals surface area contributed by atoms with E-state index in [9.17, 15) is 19.3 Å². The normalized spacial score (nSPS) is 14.1. The number of aromatic nitrogens is 2. The second kappa shape index (κ2) is 11.4. The van der Waals surface area contributed by atoms with Crippen molar-refractivity contribution in [2.75, 3.05) is 7.11 Å². The third kappa shape index (κ3) is 5.64. The molecule has 4 aromatic rings. The van der Waals surface area contributed by atoms with Crippen LogP contribution in [0.25, 0.3) is 10.9 Å². The second-order valence-corrected chi connectivity index (χ2v) is 9.43. The van der Waals surface area contributed by atoms with E-state index in [2.05, 4.69) is 5.10 Å². The Labute approximate surface area is 223 Å². The van der Waals surface area contributed by atoms with E-state index in [-0.39, 0.29) is 35.3 Å². The van der Waals surface area contributed by atoms with Crippen LogP contribution in [0.4, 0.5) is 10.1 Å². The quantitative estimate of drug-likeness (QED) is 0.158. The van der Waals surface area contributed by atoms with Crippen LogP contribution in [-0.4, -0.2) is 27.9 Å². The van der Waals surface area contributed by atoms with Crippen molar-refractivity contribution in [3.63, 3.8) is 0 Å². The number of hydrogen-bond acceptors (Lipinski definition) is 7. The molecule has 0 aliphatic heterocycles. The molecule has 0 atom stereocenters. The molecule has 1 aliphatic carbocycles. The molecule has 10 heteroatoms. The van der Waals surface area contributed by atoms with Crippen molar-refractivity contribution in [1.29, 1.82) is 0 Å². The zero-order chi connectivity index (χ0) is 27.4. The average Bonchev–Trinajstić information content (AvgIpc) is 2.95. The fourth-order valence-electron chi connectivity index (χ4n) is 4.90. The van der Waals surface area contributed by atoms with Gasteiger partial charge in [-0.15, -0.1) is 0 Å². The molecule has 0 unspecified atom stereocenters. The summed E-state index contributed by atoms with van der Waals surface area (Å²) in [6.45, 7) is -0.0920. The number of nitro benzene ring substituents is 1. The zero-order valence-electron chi connectivity index (χ0n) is 21.4. The van der Waals surface area contributed by atoms with E-state index >= 15 is 0 Å². The van der Waals surface area contributed by atoms with Crippen LogP contribution < -0.4 is 15.0 Å². The van der Waals surface area contributed by atoms with Crippen molar-refractivity contribution in [2.24, 2.45) is 5.10 Å². The van der Waals surface area contributed by atoms with Crippen molar-refractivity contribution in [2.45, 2.75) is 44.6 Å². The molecule has 5 rings (SSSR count). The van der Waals surface area contributed by atoms with Crippen LogP contribution in [0.1, 0.15) is 55.0 Å². The maximum atomic E-state index is 13.6. The highest BCUT2D eigenvalue weighted by Crippen LogP contribution is 2.38. The standard InChI is InChI=1S/C29H27FN4O5/c1-38-26-16-20(15-25(34(36)37)27(26)39-18-19-8-7-11-22(30)14-19)17-31-33-28(21-9-3-2-4-10-21)32-24-13-6-5-12-23(24)29(33)35/h5-8,11-17,21H,2-4,9-10,18H2,1H3. The number of halogens is 1. The number of benzene rings is 3. The first-order valence-corrected chi connectivity index (χ1v) is 12.7. The number of fused-ring (bicyclic) bond motifs is 1. The summed E-state index contributed by atoms with van der Waals surface area (Å²) in [5.41, 5.74) is 0.825. The minimum absolute atomic E-state index is 0.0867. The average molecular weight is 531 g/mol. The molecule has 1 fully saturated rings. The van der Waals surface area contributed by atoms with Gasteiger partial charge in [-0.3, -0.25) is 14.9 Å². The lowest BCUT2D eigenvalue weighted by Gasteiger charge is -2.22. The van der Waals surface area contributed by atoms with Crippen LogP contribution in [0.5, 0.6) is 11.5 Å². The molecular weight excluding hydrogens is 503 g/mol. The molecule has 0 radical (unpaired) electrons. The first-order valence-electron chi connectivity index (χ1n) is 12.7. The monoisotopic (exact) mass is 530 g/mol. The molecule has 1 heterocycles. The Morgan fingerprint density at radius 3 is 2.67 bits per heavy atom. The van der Waals surface area contributed by atoms with Crippen LogP contribution in [0, 0.1) is 15.9 Å². The molecule has 3 aromatic carbocycles. The number of hydrogen-bond donors (Lipinski definition) is 0. The Morgan fingerprint density at radius 2 is 1.92 bits per heavy atom. The minimum atomic E-state index is -0.585. The van der Waals surface area contributed by atoms with Gasteiger partial charge in [0, 0.05) is 17.5 Å². The predicted molar refractivity (Wildman–Crippen MR) is 145 cm³/mol. The molecule has 9 nitrogen and oxygen atoms in total. The Morgan fingerprint density at radius 1 is 1.13 bits per heavy atom. The molecule has 39 heavy (non-hydrogen) atoms. The number of para-hydroxylation sites is 1. The van der Waals surface area contributed by atoms with Gasteiger partial charge >= 0.3 is 5.69 Å². The van der Waals surface area contributed by atoms with Crippen LogP contribution in [0.2, 0.25) is 0 Å². The number of ether oxygens (including phenoxy) is 2. The molecule has 1 saturated carbocycles. The SMILES string of the molecule is COc1cc(C=Nn2c(C3CCCCC3)nc3ccccc3c2=O)cc([N+](=O)[O-])c1OCc1cccc(F)c1. The molecule has 1 aliphatic rings. The van der Waals surface area contributed by atoms with Gasteiger partial charge < -0.3 is 9.47 Å². The lowest BCUT2D eigenvalue weighted by Crippen LogP contribution is -2.25. The lowest BCUT2D eigenvalue weighted by molar-refractivity contribution is -0.386. The summed E-state index contributed by atoms with van der Waals surface area (Å²) in [5, 5.41) is 16.9. The van der Waals surface area contributed by atoms with E-state index in [1.165, 1.54) is 48.3 Å². The van der Waals surface area contributed by atoms with Gasteiger partial charge in [-0.2, -0.15) is 9.78 Å². The van der Waals surface area contributed by atoms with E-state index < -0.39 is 10.7 Å². The van der Waals surface area contributed by atoms with Gasteiger partial charge in [0.15, 0.2) is 5.75 Å². The summed E-state index contributed by atoms with van der Waals surface area (Å²) < 4.78 is 26.0. The van der Waals surface area contributed by atoms with Gasteiger partial charge in [-0.1, -0.05) is 43.5 Å². The van der Waals surface area contributed by atoms with E-state index in [4.69, 9.17) is 14.5 Å². The van der Waals surface area contributed by atoms with Crippen LogP contribution in [0.3, 0.4) is 0 Å². The molecular formula is C29H27FN4O5. The van der Waals surface area contributed by atoms with Gasteiger partial charge in [-0.05, 0) is 48.7 Å². The lowest BCUT2D eigenvalue weighted by atomic mass is 9.88. The predicted octanol–water partition coefficient (Wildman–Crippen LogP) is 5.96. The maximum absolute atomic E-state index is 13.6. The fraction of sp³-hybridized carbons (Fsp3) is 0.276. The highest BCUT2D eigenvalue weighted by molar-refractivity contribution is 5.83. The van der Waals surface area contributed by atoms with E-state index in [0.29, 0.717) is 27.9 Å². The fourth-order valence-corrected chi connectivity index (χ4v) is 4.90. The molecule has 0 saturated heterocycles. The topological polar surface area (TPSA) is 109 Å². The first-order chi connectivity index (χ1) is 18.9. The van der Waals surface area contributed by atoms with Crippen molar-refractivity contribution >= 4 is 22.8 Å².